The second-order valence-corrected chi connectivity index (χ2v) is 10.4. The van der Waals surface area contributed by atoms with E-state index < -0.39 is 6.04 Å². The highest BCUT2D eigenvalue weighted by molar-refractivity contribution is 7.98. The highest BCUT2D eigenvalue weighted by Gasteiger charge is 2.31. The monoisotopic (exact) mass is 487 g/mol. The Hall–Kier alpha value is -2.09. The Morgan fingerprint density at radius 3 is 2.62 bits per heavy atom. The summed E-state index contributed by atoms with van der Waals surface area (Å²) < 4.78 is 1.21. The number of carbonyl (C=O) groups excluding carboxylic acids is 2. The molecule has 8 heteroatoms. The molecule has 1 aliphatic heterocycles. The highest BCUT2D eigenvalue weighted by atomic mass is 35.5. The summed E-state index contributed by atoms with van der Waals surface area (Å²) in [6, 6.07) is 14.6. The van der Waals surface area contributed by atoms with Gasteiger partial charge in [-0.3, -0.25) is 9.59 Å². The molecule has 1 saturated heterocycles. The van der Waals surface area contributed by atoms with Crippen molar-refractivity contribution in [3.05, 3.63) is 64.1 Å². The molecule has 0 bridgehead atoms. The van der Waals surface area contributed by atoms with Crippen molar-refractivity contribution >= 4 is 56.7 Å². The number of hydrogen-bond donors (Lipinski definition) is 1. The van der Waals surface area contributed by atoms with Crippen LogP contribution in [-0.2, 0) is 4.79 Å². The number of piperidine rings is 1. The summed E-state index contributed by atoms with van der Waals surface area (Å²) in [5.74, 6) is 0.849. The first-order chi connectivity index (χ1) is 15.6. The average molecular weight is 488 g/mol. The number of hydrogen-bond acceptors (Lipinski definition) is 5. The molecule has 0 radical (unpaired) electrons. The van der Waals surface area contributed by atoms with E-state index in [0.29, 0.717) is 36.0 Å². The lowest BCUT2D eigenvalue weighted by molar-refractivity contribution is -0.134. The normalized spacial score (nSPS) is 15.6. The molecule has 1 atom stereocenters. The number of fused-ring (bicyclic) bond motifs is 1. The van der Waals surface area contributed by atoms with Gasteiger partial charge in [-0.05, 0) is 55.5 Å². The number of carbonyl (C=O) groups is 2. The quantitative estimate of drug-likeness (QED) is 0.497. The molecule has 1 aromatic heterocycles. The van der Waals surface area contributed by atoms with Crippen molar-refractivity contribution in [2.75, 3.05) is 25.1 Å². The second-order valence-electron chi connectivity index (χ2n) is 7.91. The maximum atomic E-state index is 13.3. The van der Waals surface area contributed by atoms with Gasteiger partial charge in [-0.2, -0.15) is 11.8 Å². The van der Waals surface area contributed by atoms with Gasteiger partial charge in [0.2, 0.25) is 5.91 Å². The Kier molecular flexibility index (Phi) is 7.71. The molecule has 1 aliphatic rings. The zero-order chi connectivity index (χ0) is 22.5. The number of thioether (sulfide) groups is 1. The van der Waals surface area contributed by atoms with Gasteiger partial charge in [-0.1, -0.05) is 35.9 Å². The van der Waals surface area contributed by atoms with Crippen LogP contribution >= 0.6 is 34.7 Å². The molecule has 5 nitrogen and oxygen atoms in total. The summed E-state index contributed by atoms with van der Waals surface area (Å²) in [6.07, 6.45) is 4.37. The van der Waals surface area contributed by atoms with Gasteiger partial charge in [0.1, 0.15) is 6.04 Å². The van der Waals surface area contributed by atoms with Crippen LogP contribution in [0.25, 0.3) is 10.2 Å². The lowest BCUT2D eigenvalue weighted by Crippen LogP contribution is -2.50. The molecule has 4 rings (SSSR count). The first-order valence-corrected chi connectivity index (χ1v) is 13.3. The molecule has 2 amide bonds. The minimum atomic E-state index is -0.551. The number of likely N-dealkylation sites (tertiary alicyclic amines) is 1. The Morgan fingerprint density at radius 1 is 1.19 bits per heavy atom. The van der Waals surface area contributed by atoms with Crippen molar-refractivity contribution in [3.63, 3.8) is 0 Å². The summed E-state index contributed by atoms with van der Waals surface area (Å²) in [6.45, 7) is 1.36. The molecule has 32 heavy (non-hydrogen) atoms. The Balaban J connectivity index is 1.40. The molecule has 0 spiro atoms. The van der Waals surface area contributed by atoms with Gasteiger partial charge >= 0.3 is 0 Å². The van der Waals surface area contributed by atoms with E-state index in [2.05, 4.69) is 11.4 Å². The Bertz CT molecular complexity index is 1060. The SMILES string of the molecule is CSCC[C@@H](NC(=O)c1ccccc1Cl)C(=O)N1CCC(c2nc3ccccc3s2)CC1. The third kappa shape index (κ3) is 5.27. The lowest BCUT2D eigenvalue weighted by atomic mass is 9.96. The number of thiazole rings is 1. The van der Waals surface area contributed by atoms with Crippen molar-refractivity contribution in [2.24, 2.45) is 0 Å². The van der Waals surface area contributed by atoms with Crippen LogP contribution in [0.1, 0.15) is 40.5 Å². The summed E-state index contributed by atoms with van der Waals surface area (Å²) in [4.78, 5) is 32.8. The van der Waals surface area contributed by atoms with Crippen molar-refractivity contribution in [2.45, 2.75) is 31.2 Å². The molecular weight excluding hydrogens is 462 g/mol. The summed E-state index contributed by atoms with van der Waals surface area (Å²) in [7, 11) is 0. The molecule has 2 aromatic carbocycles. The number of halogens is 1. The maximum absolute atomic E-state index is 13.3. The molecule has 0 unspecified atom stereocenters. The minimum Gasteiger partial charge on any atom is -0.341 e. The number of aromatic nitrogens is 1. The smallest absolute Gasteiger partial charge is 0.253 e. The number of nitrogens with one attached hydrogen (secondary N) is 1. The number of nitrogens with zero attached hydrogens (tertiary/aromatic N) is 2. The van der Waals surface area contributed by atoms with Gasteiger partial charge in [0.25, 0.3) is 5.91 Å². The van der Waals surface area contributed by atoms with E-state index in [9.17, 15) is 9.59 Å². The third-order valence-electron chi connectivity index (χ3n) is 5.80. The zero-order valence-corrected chi connectivity index (χ0v) is 20.3. The first kappa shape index (κ1) is 23.1. The van der Waals surface area contributed by atoms with Gasteiger partial charge in [-0.25, -0.2) is 4.98 Å². The fraction of sp³-hybridized carbons (Fsp3) is 0.375. The van der Waals surface area contributed by atoms with Crippen LogP contribution in [0.3, 0.4) is 0 Å². The maximum Gasteiger partial charge on any atom is 0.253 e. The van der Waals surface area contributed by atoms with E-state index in [0.717, 1.165) is 29.1 Å². The van der Waals surface area contributed by atoms with E-state index in [1.54, 1.807) is 47.4 Å². The second kappa shape index (κ2) is 10.7. The van der Waals surface area contributed by atoms with Crippen LogP contribution in [0.2, 0.25) is 5.02 Å². The Morgan fingerprint density at radius 2 is 1.91 bits per heavy atom. The van der Waals surface area contributed by atoms with Crippen LogP contribution < -0.4 is 5.32 Å². The Labute approximate surface area is 201 Å². The highest BCUT2D eigenvalue weighted by Crippen LogP contribution is 2.34. The van der Waals surface area contributed by atoms with E-state index in [-0.39, 0.29) is 11.8 Å². The first-order valence-electron chi connectivity index (χ1n) is 10.8. The van der Waals surface area contributed by atoms with Crippen LogP contribution in [0.4, 0.5) is 0 Å². The molecule has 1 fully saturated rings. The van der Waals surface area contributed by atoms with Gasteiger partial charge < -0.3 is 10.2 Å². The number of benzene rings is 2. The molecule has 0 saturated carbocycles. The molecule has 168 valence electrons. The standard InChI is InChI=1S/C24H26ClN3O2S2/c1-31-15-12-20(26-22(29)17-6-2-3-7-18(17)25)24(30)28-13-10-16(11-14-28)23-27-19-8-4-5-9-21(19)32-23/h2-9,16,20H,10-15H2,1H3,(H,26,29)/t20-/m1/s1. The van der Waals surface area contributed by atoms with E-state index in [4.69, 9.17) is 16.6 Å². The predicted molar refractivity (Wildman–Crippen MR) is 134 cm³/mol. The van der Waals surface area contributed by atoms with Crippen LogP contribution in [0, 0.1) is 0 Å². The lowest BCUT2D eigenvalue weighted by Gasteiger charge is -2.34. The summed E-state index contributed by atoms with van der Waals surface area (Å²) >= 11 is 9.59. The summed E-state index contributed by atoms with van der Waals surface area (Å²) in [5.41, 5.74) is 1.44. The number of para-hydroxylation sites is 1. The minimum absolute atomic E-state index is 0.0118. The van der Waals surface area contributed by atoms with E-state index >= 15 is 0 Å². The zero-order valence-electron chi connectivity index (χ0n) is 17.9. The number of rotatable bonds is 7. The molecule has 0 aliphatic carbocycles. The van der Waals surface area contributed by atoms with Crippen molar-refractivity contribution in [1.82, 2.24) is 15.2 Å². The largest absolute Gasteiger partial charge is 0.341 e. The predicted octanol–water partition coefficient (Wildman–Crippen LogP) is 5.21. The molecule has 3 aromatic rings. The van der Waals surface area contributed by atoms with Gasteiger partial charge in [0, 0.05) is 19.0 Å². The van der Waals surface area contributed by atoms with Crippen molar-refractivity contribution < 1.29 is 9.59 Å². The van der Waals surface area contributed by atoms with Gasteiger partial charge in [0.05, 0.1) is 25.8 Å². The topological polar surface area (TPSA) is 62.3 Å². The fourth-order valence-corrected chi connectivity index (χ4v) is 5.84. The summed E-state index contributed by atoms with van der Waals surface area (Å²) in [5, 5.41) is 4.47. The van der Waals surface area contributed by atoms with Gasteiger partial charge in [-0.15, -0.1) is 11.3 Å². The van der Waals surface area contributed by atoms with E-state index in [1.807, 2.05) is 29.4 Å². The molecule has 1 N–H and O–H groups in total. The van der Waals surface area contributed by atoms with Crippen LogP contribution in [0.5, 0.6) is 0 Å². The third-order valence-corrected chi connectivity index (χ3v) is 7.97. The van der Waals surface area contributed by atoms with Crippen molar-refractivity contribution in [3.8, 4) is 0 Å². The number of amides is 2. The van der Waals surface area contributed by atoms with Crippen LogP contribution in [-0.4, -0.2) is 52.8 Å². The van der Waals surface area contributed by atoms with Crippen molar-refractivity contribution in [1.29, 1.82) is 0 Å². The fourth-order valence-electron chi connectivity index (χ4n) is 4.01. The average Bonchev–Trinajstić information content (AvgIpc) is 3.26. The van der Waals surface area contributed by atoms with E-state index in [1.165, 1.54) is 4.70 Å². The van der Waals surface area contributed by atoms with Gasteiger partial charge in [0.15, 0.2) is 0 Å². The molecular formula is C24H26ClN3O2S2. The molecule has 2 heterocycles. The van der Waals surface area contributed by atoms with Crippen LogP contribution in [0.15, 0.2) is 48.5 Å².